The van der Waals surface area contributed by atoms with Gasteiger partial charge in [-0.2, -0.15) is 0 Å². The summed E-state index contributed by atoms with van der Waals surface area (Å²) in [5, 5.41) is 0. The van der Waals surface area contributed by atoms with Crippen LogP contribution in [0.2, 0.25) is 0 Å². The van der Waals surface area contributed by atoms with Crippen molar-refractivity contribution in [3.63, 3.8) is 0 Å². The van der Waals surface area contributed by atoms with Crippen LogP contribution in [0.15, 0.2) is 14.4 Å². The first-order valence-electron chi connectivity index (χ1n) is 4.78. The van der Waals surface area contributed by atoms with Crippen LogP contribution in [0.25, 0.3) is 11.2 Å². The number of rotatable bonds is 0. The highest BCUT2D eigenvalue weighted by molar-refractivity contribution is 5.69. The lowest BCUT2D eigenvalue weighted by molar-refractivity contribution is 0.395. The lowest BCUT2D eigenvalue weighted by Crippen LogP contribution is -2.33. The van der Waals surface area contributed by atoms with Crippen molar-refractivity contribution in [2.24, 2.45) is 0 Å². The Morgan fingerprint density at radius 2 is 1.62 bits per heavy atom. The van der Waals surface area contributed by atoms with Gasteiger partial charge in [-0.1, -0.05) is 0 Å². The number of nitrogens with one attached hydrogen (secondary N) is 3. The molecule has 2 rings (SSSR count). The molecule has 0 aliphatic carbocycles. The first kappa shape index (κ1) is 10.5. The van der Waals surface area contributed by atoms with Crippen LogP contribution in [0.1, 0.15) is 20.8 Å². The zero-order chi connectivity index (χ0) is 12.1. The van der Waals surface area contributed by atoms with Gasteiger partial charge in [-0.15, -0.1) is 0 Å². The molecule has 0 bridgehead atoms. The van der Waals surface area contributed by atoms with Gasteiger partial charge in [0.1, 0.15) is 5.65 Å². The van der Waals surface area contributed by atoms with Crippen LogP contribution in [0, 0.1) is 0 Å². The van der Waals surface area contributed by atoms with Crippen LogP contribution in [0.4, 0.5) is 0 Å². The van der Waals surface area contributed by atoms with Crippen molar-refractivity contribution in [3.05, 3.63) is 31.3 Å². The van der Waals surface area contributed by atoms with Crippen molar-refractivity contribution < 1.29 is 0 Å². The van der Waals surface area contributed by atoms with E-state index in [1.807, 2.05) is 0 Å². The summed E-state index contributed by atoms with van der Waals surface area (Å²) >= 11 is 0. The van der Waals surface area contributed by atoms with Crippen LogP contribution in [0.3, 0.4) is 0 Å². The fourth-order valence-corrected chi connectivity index (χ4v) is 1.66. The molecule has 86 valence electrons. The lowest BCUT2D eigenvalue weighted by atomic mass is 10.1. The van der Waals surface area contributed by atoms with E-state index in [2.05, 4.69) is 15.0 Å². The molecule has 2 heterocycles. The molecule has 7 heteroatoms. The van der Waals surface area contributed by atoms with Crippen molar-refractivity contribution >= 4 is 11.2 Å². The molecule has 2 aromatic rings. The predicted octanol–water partition coefficient (Wildman–Crippen LogP) is -0.539. The molecule has 0 amide bonds. The van der Waals surface area contributed by atoms with Crippen molar-refractivity contribution in [1.29, 1.82) is 0 Å². The average Bonchev–Trinajstić information content (AvgIpc) is 2.40. The molecule has 2 aromatic heterocycles. The SMILES string of the molecule is CC(C)(C)n1c(=O)[nH]c2c(=O)[nH]c(=O)[nH]c21. The summed E-state index contributed by atoms with van der Waals surface area (Å²) < 4.78 is 1.35. The van der Waals surface area contributed by atoms with Gasteiger partial charge in [0, 0.05) is 5.54 Å². The Hall–Kier alpha value is -2.05. The number of nitrogens with zero attached hydrogens (tertiary/aromatic N) is 1. The van der Waals surface area contributed by atoms with Gasteiger partial charge >= 0.3 is 11.4 Å². The monoisotopic (exact) mass is 224 g/mol. The molecule has 0 aromatic carbocycles. The van der Waals surface area contributed by atoms with E-state index in [0.717, 1.165) is 0 Å². The Morgan fingerprint density at radius 3 is 2.19 bits per heavy atom. The van der Waals surface area contributed by atoms with Crippen LogP contribution in [-0.2, 0) is 5.54 Å². The van der Waals surface area contributed by atoms with Crippen molar-refractivity contribution in [2.75, 3.05) is 0 Å². The normalized spacial score (nSPS) is 12.2. The summed E-state index contributed by atoms with van der Waals surface area (Å²) in [6, 6.07) is 0. The minimum Gasteiger partial charge on any atom is -0.300 e. The fourth-order valence-electron chi connectivity index (χ4n) is 1.66. The Bertz CT molecular complexity index is 707. The van der Waals surface area contributed by atoms with E-state index in [0.29, 0.717) is 0 Å². The molecular formula is C9H12N4O3. The third-order valence-corrected chi connectivity index (χ3v) is 2.25. The van der Waals surface area contributed by atoms with Gasteiger partial charge in [-0.05, 0) is 20.8 Å². The second kappa shape index (κ2) is 2.97. The van der Waals surface area contributed by atoms with Crippen LogP contribution < -0.4 is 16.9 Å². The molecule has 0 saturated carbocycles. The number of aromatic amines is 3. The number of hydrogen-bond donors (Lipinski definition) is 3. The van der Waals surface area contributed by atoms with Gasteiger partial charge in [0.05, 0.1) is 0 Å². The largest absolute Gasteiger partial charge is 0.328 e. The van der Waals surface area contributed by atoms with E-state index in [-0.39, 0.29) is 11.2 Å². The average molecular weight is 224 g/mol. The molecule has 0 atom stereocenters. The number of H-pyrrole nitrogens is 3. The molecular weight excluding hydrogens is 212 g/mol. The van der Waals surface area contributed by atoms with Gasteiger partial charge in [0.15, 0.2) is 5.52 Å². The van der Waals surface area contributed by atoms with Crippen molar-refractivity contribution in [1.82, 2.24) is 19.5 Å². The number of aromatic nitrogens is 4. The van der Waals surface area contributed by atoms with E-state index in [1.165, 1.54) is 4.57 Å². The first-order chi connectivity index (χ1) is 7.30. The highest BCUT2D eigenvalue weighted by atomic mass is 16.2. The predicted molar refractivity (Wildman–Crippen MR) is 58.8 cm³/mol. The molecule has 0 aliphatic heterocycles. The molecule has 0 saturated heterocycles. The van der Waals surface area contributed by atoms with E-state index in [9.17, 15) is 14.4 Å². The van der Waals surface area contributed by atoms with E-state index in [1.54, 1.807) is 20.8 Å². The van der Waals surface area contributed by atoms with E-state index >= 15 is 0 Å². The summed E-state index contributed by atoms with van der Waals surface area (Å²) in [5.41, 5.74) is -1.87. The topological polar surface area (TPSA) is 104 Å². The maximum Gasteiger partial charge on any atom is 0.328 e. The standard InChI is InChI=1S/C9H12N4O3/c1-9(2,3)13-5-4(10-8(13)16)6(14)12-7(15)11-5/h1-3H3,(H,10,16)(H2,11,12,14,15). The molecule has 0 aliphatic rings. The summed E-state index contributed by atoms with van der Waals surface area (Å²) in [6.07, 6.45) is 0. The smallest absolute Gasteiger partial charge is 0.300 e. The van der Waals surface area contributed by atoms with Gasteiger partial charge < -0.3 is 0 Å². The zero-order valence-corrected chi connectivity index (χ0v) is 9.17. The molecule has 0 unspecified atom stereocenters. The summed E-state index contributed by atoms with van der Waals surface area (Å²) in [5.74, 6) is 0. The molecule has 7 nitrogen and oxygen atoms in total. The van der Waals surface area contributed by atoms with Gasteiger partial charge in [-0.25, -0.2) is 9.59 Å². The number of hydrogen-bond acceptors (Lipinski definition) is 3. The van der Waals surface area contributed by atoms with Crippen molar-refractivity contribution in [2.45, 2.75) is 26.3 Å². The fraction of sp³-hybridized carbons (Fsp3) is 0.444. The molecule has 16 heavy (non-hydrogen) atoms. The van der Waals surface area contributed by atoms with E-state index < -0.39 is 22.5 Å². The highest BCUT2D eigenvalue weighted by Crippen LogP contribution is 2.14. The molecule has 0 spiro atoms. The molecule has 0 radical (unpaired) electrons. The summed E-state index contributed by atoms with van der Waals surface area (Å²) in [7, 11) is 0. The quantitative estimate of drug-likeness (QED) is 0.559. The number of fused-ring (bicyclic) bond motifs is 1. The minimum absolute atomic E-state index is 0.0829. The lowest BCUT2D eigenvalue weighted by Gasteiger charge is -2.19. The Balaban J connectivity index is 3.07. The van der Waals surface area contributed by atoms with E-state index in [4.69, 9.17) is 0 Å². The van der Waals surface area contributed by atoms with Crippen LogP contribution >= 0.6 is 0 Å². The summed E-state index contributed by atoms with van der Waals surface area (Å²) in [4.78, 5) is 41.2. The van der Waals surface area contributed by atoms with Gasteiger partial charge in [-0.3, -0.25) is 24.3 Å². The Labute approximate surface area is 89.1 Å². The van der Waals surface area contributed by atoms with Crippen LogP contribution in [-0.4, -0.2) is 19.5 Å². The first-order valence-corrected chi connectivity index (χ1v) is 4.78. The molecule has 0 fully saturated rings. The molecule has 3 N–H and O–H groups in total. The van der Waals surface area contributed by atoms with Crippen LogP contribution in [0.5, 0.6) is 0 Å². The Kier molecular flexibility index (Phi) is 1.94. The third kappa shape index (κ3) is 1.40. The second-order valence-corrected chi connectivity index (χ2v) is 4.57. The minimum atomic E-state index is -0.630. The Morgan fingerprint density at radius 1 is 1.00 bits per heavy atom. The summed E-state index contributed by atoms with van der Waals surface area (Å²) in [6.45, 7) is 5.42. The third-order valence-electron chi connectivity index (χ3n) is 2.25. The maximum absolute atomic E-state index is 11.7. The number of imidazole rings is 1. The highest BCUT2D eigenvalue weighted by Gasteiger charge is 2.21. The second-order valence-electron chi connectivity index (χ2n) is 4.57. The van der Waals surface area contributed by atoms with Gasteiger partial charge in [0.25, 0.3) is 5.56 Å². The van der Waals surface area contributed by atoms with Gasteiger partial charge in [0.2, 0.25) is 0 Å². The zero-order valence-electron chi connectivity index (χ0n) is 9.17. The van der Waals surface area contributed by atoms with Crippen molar-refractivity contribution in [3.8, 4) is 0 Å². The maximum atomic E-state index is 11.7.